The molecule has 4 rings (SSSR count). The van der Waals surface area contributed by atoms with Gasteiger partial charge in [0.1, 0.15) is 17.3 Å². The Morgan fingerprint density at radius 1 is 0.935 bits per heavy atom. The molecule has 0 atom stereocenters. The van der Waals surface area contributed by atoms with E-state index in [0.29, 0.717) is 45.2 Å². The fourth-order valence-corrected chi connectivity index (χ4v) is 3.41. The van der Waals surface area contributed by atoms with Crippen molar-refractivity contribution < 1.29 is 14.3 Å². The average Bonchev–Trinajstić information content (AvgIpc) is 2.79. The smallest absolute Gasteiger partial charge is 0.265 e. The normalized spacial score (nSPS) is 10.7. The number of nitrogens with zero attached hydrogens (tertiary/aromatic N) is 2. The van der Waals surface area contributed by atoms with Crippen molar-refractivity contribution in [2.75, 3.05) is 19.5 Å². The highest BCUT2D eigenvalue weighted by molar-refractivity contribution is 6.05. The minimum atomic E-state index is -0.324. The minimum Gasteiger partial charge on any atom is -0.497 e. The Morgan fingerprint density at radius 2 is 1.65 bits per heavy atom. The number of hydrogen-bond acceptors (Lipinski definition) is 5. The van der Waals surface area contributed by atoms with Gasteiger partial charge in [0.2, 0.25) is 0 Å². The van der Waals surface area contributed by atoms with Crippen LogP contribution in [0.25, 0.3) is 16.6 Å². The topological polar surface area (TPSA) is 82.4 Å². The molecule has 0 aliphatic heterocycles. The lowest BCUT2D eigenvalue weighted by atomic mass is 10.1. The maximum Gasteiger partial charge on any atom is 0.265 e. The molecular formula is C24H21N3O4. The first kappa shape index (κ1) is 20.2. The Labute approximate surface area is 178 Å². The van der Waals surface area contributed by atoms with Gasteiger partial charge in [-0.05, 0) is 49.4 Å². The van der Waals surface area contributed by atoms with Crippen LogP contribution in [0, 0.1) is 6.92 Å². The van der Waals surface area contributed by atoms with Crippen LogP contribution in [0.1, 0.15) is 16.2 Å². The number of amides is 1. The number of hydrogen-bond donors (Lipinski definition) is 1. The predicted octanol–water partition coefficient (Wildman–Crippen LogP) is 3.96. The van der Waals surface area contributed by atoms with E-state index >= 15 is 0 Å². The molecule has 7 nitrogen and oxygen atoms in total. The van der Waals surface area contributed by atoms with Gasteiger partial charge in [-0.25, -0.2) is 4.98 Å². The molecule has 156 valence electrons. The Balaban J connectivity index is 1.70. The molecule has 0 unspecified atom stereocenters. The number of ether oxygens (including phenoxy) is 2. The molecule has 0 saturated carbocycles. The van der Waals surface area contributed by atoms with Gasteiger partial charge in [-0.2, -0.15) is 0 Å². The SMILES string of the molecule is COc1cc(OC)cc(C(=O)Nc2cccc(-n3c(C)nc4ccccc4c3=O)c2)c1. The molecule has 0 saturated heterocycles. The summed E-state index contributed by atoms with van der Waals surface area (Å²) in [6, 6.07) is 19.2. The van der Waals surface area contributed by atoms with Crippen LogP contribution in [0.4, 0.5) is 5.69 Å². The van der Waals surface area contributed by atoms with Crippen molar-refractivity contribution in [2.45, 2.75) is 6.92 Å². The minimum absolute atomic E-state index is 0.163. The van der Waals surface area contributed by atoms with E-state index in [-0.39, 0.29) is 11.5 Å². The molecular weight excluding hydrogens is 394 g/mol. The first-order chi connectivity index (χ1) is 15.0. The summed E-state index contributed by atoms with van der Waals surface area (Å²) in [4.78, 5) is 30.4. The van der Waals surface area contributed by atoms with E-state index in [1.54, 1.807) is 55.5 Å². The molecule has 3 aromatic carbocycles. The van der Waals surface area contributed by atoms with Crippen LogP contribution in [-0.4, -0.2) is 29.7 Å². The van der Waals surface area contributed by atoms with Gasteiger partial charge in [-0.3, -0.25) is 14.2 Å². The summed E-state index contributed by atoms with van der Waals surface area (Å²) in [5.74, 6) is 1.27. The lowest BCUT2D eigenvalue weighted by Crippen LogP contribution is -2.22. The number of para-hydroxylation sites is 1. The Kier molecular flexibility index (Phi) is 5.41. The number of carbonyl (C=O) groups is 1. The van der Waals surface area contributed by atoms with Crippen LogP contribution in [0.2, 0.25) is 0 Å². The third-order valence-electron chi connectivity index (χ3n) is 4.92. The third-order valence-corrected chi connectivity index (χ3v) is 4.92. The Morgan fingerprint density at radius 3 is 2.35 bits per heavy atom. The quantitative estimate of drug-likeness (QED) is 0.533. The first-order valence-electron chi connectivity index (χ1n) is 9.63. The van der Waals surface area contributed by atoms with E-state index in [2.05, 4.69) is 10.3 Å². The molecule has 31 heavy (non-hydrogen) atoms. The number of nitrogens with one attached hydrogen (secondary N) is 1. The predicted molar refractivity (Wildman–Crippen MR) is 120 cm³/mol. The van der Waals surface area contributed by atoms with Crippen LogP contribution >= 0.6 is 0 Å². The number of fused-ring (bicyclic) bond motifs is 1. The second-order valence-electron chi connectivity index (χ2n) is 6.92. The molecule has 4 aromatic rings. The summed E-state index contributed by atoms with van der Waals surface area (Å²) in [6.07, 6.45) is 0. The van der Waals surface area contributed by atoms with Crippen molar-refractivity contribution in [1.29, 1.82) is 0 Å². The fourth-order valence-electron chi connectivity index (χ4n) is 3.41. The van der Waals surface area contributed by atoms with Gasteiger partial charge in [-0.15, -0.1) is 0 Å². The molecule has 1 heterocycles. The zero-order chi connectivity index (χ0) is 22.0. The summed E-state index contributed by atoms with van der Waals surface area (Å²) in [5.41, 5.74) is 2.04. The van der Waals surface area contributed by atoms with Crippen LogP contribution < -0.4 is 20.3 Å². The number of methoxy groups -OCH3 is 2. The molecule has 7 heteroatoms. The molecule has 0 bridgehead atoms. The summed E-state index contributed by atoms with van der Waals surface area (Å²) in [5, 5.41) is 3.39. The fraction of sp³-hybridized carbons (Fsp3) is 0.125. The van der Waals surface area contributed by atoms with Crippen LogP contribution in [0.5, 0.6) is 11.5 Å². The highest BCUT2D eigenvalue weighted by Gasteiger charge is 2.13. The molecule has 0 fully saturated rings. The highest BCUT2D eigenvalue weighted by atomic mass is 16.5. The first-order valence-corrected chi connectivity index (χ1v) is 9.63. The summed E-state index contributed by atoms with van der Waals surface area (Å²) in [7, 11) is 3.05. The number of anilines is 1. The van der Waals surface area contributed by atoms with Gasteiger partial charge in [0.05, 0.1) is 30.8 Å². The van der Waals surface area contributed by atoms with Crippen molar-refractivity contribution >= 4 is 22.5 Å². The van der Waals surface area contributed by atoms with E-state index in [1.165, 1.54) is 18.8 Å². The van der Waals surface area contributed by atoms with E-state index < -0.39 is 0 Å². The van der Waals surface area contributed by atoms with Crippen LogP contribution in [0.15, 0.2) is 71.5 Å². The lowest BCUT2D eigenvalue weighted by molar-refractivity contribution is 0.102. The Hall–Kier alpha value is -4.13. The molecule has 1 aromatic heterocycles. The molecule has 0 aliphatic carbocycles. The molecule has 0 radical (unpaired) electrons. The zero-order valence-corrected chi connectivity index (χ0v) is 17.4. The van der Waals surface area contributed by atoms with E-state index in [0.717, 1.165) is 0 Å². The number of aryl methyl sites for hydroxylation is 1. The monoisotopic (exact) mass is 415 g/mol. The maximum absolute atomic E-state index is 13.1. The van der Waals surface area contributed by atoms with E-state index in [4.69, 9.17) is 9.47 Å². The summed E-state index contributed by atoms with van der Waals surface area (Å²) < 4.78 is 12.0. The average molecular weight is 415 g/mol. The van der Waals surface area contributed by atoms with Crippen molar-refractivity contribution in [3.8, 4) is 17.2 Å². The van der Waals surface area contributed by atoms with Crippen molar-refractivity contribution in [3.05, 3.63) is 88.5 Å². The molecule has 1 amide bonds. The van der Waals surface area contributed by atoms with E-state index in [1.807, 2.05) is 18.2 Å². The van der Waals surface area contributed by atoms with Crippen molar-refractivity contribution in [1.82, 2.24) is 9.55 Å². The number of rotatable bonds is 5. The number of aromatic nitrogens is 2. The van der Waals surface area contributed by atoms with Crippen LogP contribution in [-0.2, 0) is 0 Å². The van der Waals surface area contributed by atoms with Gasteiger partial charge < -0.3 is 14.8 Å². The summed E-state index contributed by atoms with van der Waals surface area (Å²) in [6.45, 7) is 1.78. The standard InChI is InChI=1S/C24H21N3O4/c1-15-25-22-10-5-4-9-21(22)24(29)27(15)18-8-6-7-17(13-18)26-23(28)16-11-19(30-2)14-20(12-16)31-3/h4-14H,1-3H3,(H,26,28). The van der Waals surface area contributed by atoms with E-state index in [9.17, 15) is 9.59 Å². The molecule has 1 N–H and O–H groups in total. The summed E-state index contributed by atoms with van der Waals surface area (Å²) >= 11 is 0. The van der Waals surface area contributed by atoms with Gasteiger partial charge in [-0.1, -0.05) is 18.2 Å². The maximum atomic E-state index is 13.1. The largest absolute Gasteiger partial charge is 0.497 e. The van der Waals surface area contributed by atoms with Crippen LogP contribution in [0.3, 0.4) is 0 Å². The third kappa shape index (κ3) is 3.98. The van der Waals surface area contributed by atoms with Gasteiger partial charge in [0.25, 0.3) is 11.5 Å². The van der Waals surface area contributed by atoms with Crippen molar-refractivity contribution in [2.24, 2.45) is 0 Å². The number of carbonyl (C=O) groups excluding carboxylic acids is 1. The zero-order valence-electron chi connectivity index (χ0n) is 17.4. The molecule has 0 spiro atoms. The lowest BCUT2D eigenvalue weighted by Gasteiger charge is -2.13. The van der Waals surface area contributed by atoms with Gasteiger partial charge >= 0.3 is 0 Å². The second-order valence-corrected chi connectivity index (χ2v) is 6.92. The van der Waals surface area contributed by atoms with Gasteiger partial charge in [0.15, 0.2) is 0 Å². The second kappa shape index (κ2) is 8.31. The number of benzene rings is 3. The molecule has 0 aliphatic rings. The Bertz CT molecular complexity index is 1320. The highest BCUT2D eigenvalue weighted by Crippen LogP contribution is 2.24. The van der Waals surface area contributed by atoms with Gasteiger partial charge in [0, 0.05) is 17.3 Å². The van der Waals surface area contributed by atoms with Crippen molar-refractivity contribution in [3.63, 3.8) is 0 Å².